The number of aryl methyl sites for hydroxylation is 1. The zero-order chi connectivity index (χ0) is 14.5. The third-order valence-corrected chi connectivity index (χ3v) is 2.94. The first-order chi connectivity index (χ1) is 8.84. The second-order valence-electron chi connectivity index (χ2n) is 5.82. The Hall–Kier alpha value is -1.51. The lowest BCUT2D eigenvalue weighted by molar-refractivity contribution is -0.136. The van der Waals surface area contributed by atoms with Crippen molar-refractivity contribution in [2.45, 2.75) is 52.4 Å². The van der Waals surface area contributed by atoms with E-state index in [2.05, 4.69) is 33.8 Å². The standard InChI is InChI=1S/C16H24O3/c1-5-10-19-14-8-6-12(7-9-15(17)18)11-13(14)16(2,3)4/h6,8,11H,5,7,9-10H2,1-4H3,(H,17,18). The molecule has 1 aromatic carbocycles. The van der Waals surface area contributed by atoms with E-state index in [0.29, 0.717) is 13.0 Å². The molecule has 0 saturated carbocycles. The van der Waals surface area contributed by atoms with Crippen LogP contribution in [-0.4, -0.2) is 17.7 Å². The quantitative estimate of drug-likeness (QED) is 0.850. The van der Waals surface area contributed by atoms with Crippen molar-refractivity contribution >= 4 is 5.97 Å². The lowest BCUT2D eigenvalue weighted by Crippen LogP contribution is -2.14. The summed E-state index contributed by atoms with van der Waals surface area (Å²) in [4.78, 5) is 10.6. The Morgan fingerprint density at radius 2 is 2.00 bits per heavy atom. The highest BCUT2D eigenvalue weighted by atomic mass is 16.5. The van der Waals surface area contributed by atoms with E-state index in [9.17, 15) is 4.79 Å². The number of carboxylic acid groups (broad SMARTS) is 1. The molecule has 1 aromatic rings. The molecule has 0 saturated heterocycles. The molecule has 0 heterocycles. The third-order valence-electron chi connectivity index (χ3n) is 2.94. The largest absolute Gasteiger partial charge is 0.493 e. The summed E-state index contributed by atoms with van der Waals surface area (Å²) in [6, 6.07) is 6.00. The maximum Gasteiger partial charge on any atom is 0.303 e. The predicted octanol–water partition coefficient (Wildman–Crippen LogP) is 3.79. The van der Waals surface area contributed by atoms with Gasteiger partial charge >= 0.3 is 5.97 Å². The highest BCUT2D eigenvalue weighted by molar-refractivity contribution is 5.67. The van der Waals surface area contributed by atoms with E-state index in [1.807, 2.05) is 12.1 Å². The van der Waals surface area contributed by atoms with Gasteiger partial charge in [-0.05, 0) is 35.4 Å². The predicted molar refractivity (Wildman–Crippen MR) is 76.9 cm³/mol. The fourth-order valence-electron chi connectivity index (χ4n) is 1.91. The van der Waals surface area contributed by atoms with E-state index in [1.54, 1.807) is 0 Å². The molecular formula is C16H24O3. The Morgan fingerprint density at radius 3 is 2.53 bits per heavy atom. The van der Waals surface area contributed by atoms with Crippen LogP contribution in [0.2, 0.25) is 0 Å². The van der Waals surface area contributed by atoms with Crippen LogP contribution in [0, 0.1) is 0 Å². The van der Waals surface area contributed by atoms with E-state index in [4.69, 9.17) is 9.84 Å². The van der Waals surface area contributed by atoms with Gasteiger partial charge in [-0.15, -0.1) is 0 Å². The lowest BCUT2D eigenvalue weighted by Gasteiger charge is -2.23. The topological polar surface area (TPSA) is 46.5 Å². The number of rotatable bonds is 6. The lowest BCUT2D eigenvalue weighted by atomic mass is 9.85. The molecule has 1 rings (SSSR count). The van der Waals surface area contributed by atoms with Crippen molar-refractivity contribution < 1.29 is 14.6 Å². The van der Waals surface area contributed by atoms with Crippen molar-refractivity contribution in [2.24, 2.45) is 0 Å². The van der Waals surface area contributed by atoms with Crippen LogP contribution in [0.5, 0.6) is 5.75 Å². The summed E-state index contributed by atoms with van der Waals surface area (Å²) in [7, 11) is 0. The minimum absolute atomic E-state index is 0.0116. The maximum atomic E-state index is 10.6. The maximum absolute atomic E-state index is 10.6. The van der Waals surface area contributed by atoms with Gasteiger partial charge < -0.3 is 9.84 Å². The number of hydrogen-bond acceptors (Lipinski definition) is 2. The third kappa shape index (κ3) is 4.93. The number of ether oxygens (including phenoxy) is 1. The summed E-state index contributed by atoms with van der Waals surface area (Å²) >= 11 is 0. The average Bonchev–Trinajstić information content (AvgIpc) is 2.33. The molecule has 0 amide bonds. The Kier molecular flexibility index (Phi) is 5.40. The average molecular weight is 264 g/mol. The molecule has 3 nitrogen and oxygen atoms in total. The molecule has 0 fully saturated rings. The first-order valence-electron chi connectivity index (χ1n) is 6.82. The first-order valence-corrected chi connectivity index (χ1v) is 6.82. The number of carboxylic acids is 1. The van der Waals surface area contributed by atoms with Gasteiger partial charge in [-0.3, -0.25) is 4.79 Å². The fraction of sp³-hybridized carbons (Fsp3) is 0.562. The van der Waals surface area contributed by atoms with Crippen molar-refractivity contribution in [3.63, 3.8) is 0 Å². The zero-order valence-electron chi connectivity index (χ0n) is 12.3. The molecule has 1 N–H and O–H groups in total. The Bertz CT molecular complexity index is 430. The molecule has 0 aromatic heterocycles. The van der Waals surface area contributed by atoms with Crippen LogP contribution in [0.25, 0.3) is 0 Å². The molecule has 0 bridgehead atoms. The summed E-state index contributed by atoms with van der Waals surface area (Å²) in [6.45, 7) is 9.21. The molecule has 106 valence electrons. The van der Waals surface area contributed by atoms with Gasteiger partial charge in [-0.25, -0.2) is 0 Å². The van der Waals surface area contributed by atoms with Gasteiger partial charge in [0.2, 0.25) is 0 Å². The van der Waals surface area contributed by atoms with Crippen LogP contribution < -0.4 is 4.74 Å². The van der Waals surface area contributed by atoms with Crippen molar-refractivity contribution in [2.75, 3.05) is 6.61 Å². The van der Waals surface area contributed by atoms with E-state index in [-0.39, 0.29) is 11.8 Å². The van der Waals surface area contributed by atoms with Gasteiger partial charge in [-0.2, -0.15) is 0 Å². The van der Waals surface area contributed by atoms with Gasteiger partial charge in [0.05, 0.1) is 6.61 Å². The van der Waals surface area contributed by atoms with E-state index < -0.39 is 5.97 Å². The second-order valence-corrected chi connectivity index (χ2v) is 5.82. The van der Waals surface area contributed by atoms with Crippen molar-refractivity contribution in [3.8, 4) is 5.75 Å². The van der Waals surface area contributed by atoms with Crippen LogP contribution >= 0.6 is 0 Å². The first kappa shape index (κ1) is 15.5. The minimum Gasteiger partial charge on any atom is -0.493 e. The van der Waals surface area contributed by atoms with E-state index >= 15 is 0 Å². The molecule has 0 aliphatic rings. The van der Waals surface area contributed by atoms with Gasteiger partial charge in [0.25, 0.3) is 0 Å². The summed E-state index contributed by atoms with van der Waals surface area (Å²) in [5, 5.41) is 8.75. The molecule has 0 radical (unpaired) electrons. The Morgan fingerprint density at radius 1 is 1.32 bits per heavy atom. The molecule has 19 heavy (non-hydrogen) atoms. The minimum atomic E-state index is -0.761. The smallest absolute Gasteiger partial charge is 0.303 e. The summed E-state index contributed by atoms with van der Waals surface area (Å²) in [5.41, 5.74) is 2.18. The van der Waals surface area contributed by atoms with Gasteiger partial charge in [0, 0.05) is 6.42 Å². The number of benzene rings is 1. The van der Waals surface area contributed by atoms with Crippen LogP contribution in [0.4, 0.5) is 0 Å². The van der Waals surface area contributed by atoms with Crippen LogP contribution in [0.3, 0.4) is 0 Å². The van der Waals surface area contributed by atoms with Gasteiger partial charge in [0.15, 0.2) is 0 Å². The van der Waals surface area contributed by atoms with Gasteiger partial charge in [0.1, 0.15) is 5.75 Å². The van der Waals surface area contributed by atoms with Crippen LogP contribution in [0.15, 0.2) is 18.2 Å². The summed E-state index contributed by atoms with van der Waals surface area (Å²) in [6.07, 6.45) is 1.70. The molecule has 3 heteroatoms. The Labute approximate surface area is 115 Å². The Balaban J connectivity index is 2.98. The van der Waals surface area contributed by atoms with Crippen molar-refractivity contribution in [1.82, 2.24) is 0 Å². The molecule has 0 unspecified atom stereocenters. The van der Waals surface area contributed by atoms with Crippen molar-refractivity contribution in [3.05, 3.63) is 29.3 Å². The number of carbonyl (C=O) groups is 1. The second kappa shape index (κ2) is 6.60. The van der Waals surface area contributed by atoms with Gasteiger partial charge in [-0.1, -0.05) is 39.8 Å². The van der Waals surface area contributed by atoms with E-state index in [0.717, 1.165) is 23.3 Å². The molecule has 0 atom stereocenters. The van der Waals surface area contributed by atoms with E-state index in [1.165, 1.54) is 0 Å². The van der Waals surface area contributed by atoms with Crippen LogP contribution in [-0.2, 0) is 16.6 Å². The molecule has 0 aliphatic heterocycles. The molecular weight excluding hydrogens is 240 g/mol. The number of aliphatic carboxylic acids is 1. The fourth-order valence-corrected chi connectivity index (χ4v) is 1.91. The van der Waals surface area contributed by atoms with Crippen molar-refractivity contribution in [1.29, 1.82) is 0 Å². The molecule has 0 aliphatic carbocycles. The zero-order valence-corrected chi connectivity index (χ0v) is 12.3. The molecule has 0 spiro atoms. The highest BCUT2D eigenvalue weighted by Gasteiger charge is 2.19. The monoisotopic (exact) mass is 264 g/mol. The summed E-state index contributed by atoms with van der Waals surface area (Å²) < 4.78 is 5.78. The summed E-state index contributed by atoms with van der Waals surface area (Å²) in [5.74, 6) is 0.150. The number of hydrogen-bond donors (Lipinski definition) is 1. The SMILES string of the molecule is CCCOc1ccc(CCC(=O)O)cc1C(C)(C)C. The normalized spacial score (nSPS) is 11.4. The van der Waals surface area contributed by atoms with Crippen LogP contribution in [0.1, 0.15) is 51.7 Å². The highest BCUT2D eigenvalue weighted by Crippen LogP contribution is 2.32.